The molecule has 9 nitrogen and oxygen atoms in total. The largest absolute Gasteiger partial charge is 1.00 e. The van der Waals surface area contributed by atoms with Gasteiger partial charge < -0.3 is 16.9 Å². The van der Waals surface area contributed by atoms with Gasteiger partial charge in [-0.15, -0.1) is 0 Å². The summed E-state index contributed by atoms with van der Waals surface area (Å²) in [5, 5.41) is 11.7. The van der Waals surface area contributed by atoms with E-state index in [2.05, 4.69) is 12.6 Å². The van der Waals surface area contributed by atoms with Gasteiger partial charge in [-0.2, -0.15) is 26.3 Å². The van der Waals surface area contributed by atoms with E-state index in [4.69, 9.17) is 22.4 Å². The van der Waals surface area contributed by atoms with Crippen LogP contribution in [0.3, 0.4) is 0 Å². The van der Waals surface area contributed by atoms with Gasteiger partial charge in [0.2, 0.25) is 0 Å². The Balaban J connectivity index is -0.000000156. The van der Waals surface area contributed by atoms with Gasteiger partial charge in [0.25, 0.3) is 0 Å². The number of rotatable bonds is 0. The molecule has 1 saturated heterocycles. The molecular weight excluding hydrogens is 670 g/mol. The van der Waals surface area contributed by atoms with E-state index in [0.29, 0.717) is 0 Å². The van der Waals surface area contributed by atoms with Crippen LogP contribution in [0.1, 0.15) is 1.43 Å². The molecule has 0 N–H and O–H groups in total. The average Bonchev–Trinajstić information content (AvgIpc) is 2.81. The summed E-state index contributed by atoms with van der Waals surface area (Å²) < 4.78 is 181. The summed E-state index contributed by atoms with van der Waals surface area (Å²) in [5.41, 5.74) is -1.37. The predicted molar refractivity (Wildman–Crippen MR) is 98.0 cm³/mol. The monoisotopic (exact) mass is 671 g/mol. The van der Waals surface area contributed by atoms with Crippen LogP contribution in [0.25, 0.3) is 8.88 Å². The molecule has 0 saturated carbocycles. The Kier molecular flexibility index (Phi) is 19.3. The first-order valence-electron chi connectivity index (χ1n) is 7.83. The molecule has 0 aliphatic carbocycles. The third-order valence-electron chi connectivity index (χ3n) is 3.57. The van der Waals surface area contributed by atoms with Gasteiger partial charge in [-0.25, -0.2) is 54.6 Å². The van der Waals surface area contributed by atoms with Crippen LogP contribution in [0.15, 0.2) is 0 Å². The number of nitrogens with zero attached hydrogens (tertiary/aromatic N) is 5. The number of sulfonamides is 2. The van der Waals surface area contributed by atoms with Gasteiger partial charge in [-0.05, 0) is 23.4 Å². The minimum Gasteiger partial charge on any atom is -1.00 e. The Morgan fingerprint density at radius 3 is 1.20 bits per heavy atom. The normalized spacial score (nSPS) is 18.1. The molecule has 1 aliphatic rings. The van der Waals surface area contributed by atoms with E-state index in [-0.39, 0.29) is 123 Å². The van der Waals surface area contributed by atoms with Gasteiger partial charge in [0.1, 0.15) is 7.85 Å². The molecule has 1 aliphatic heterocycles. The summed E-state index contributed by atoms with van der Waals surface area (Å²) in [4.78, 5) is 0. The van der Waals surface area contributed by atoms with Crippen molar-refractivity contribution in [2.24, 2.45) is 0 Å². The zero-order chi connectivity index (χ0) is 30.0. The minimum absolute atomic E-state index is 0. The second kappa shape index (κ2) is 16.4. The first kappa shape index (κ1) is 47.2. The van der Waals surface area contributed by atoms with E-state index in [1.807, 2.05) is 0 Å². The van der Waals surface area contributed by atoms with E-state index >= 15 is 0 Å². The molecule has 27 heteroatoms. The third-order valence-corrected chi connectivity index (χ3v) is 6.95. The molecule has 40 heavy (non-hydrogen) atoms. The van der Waals surface area contributed by atoms with Crippen molar-refractivity contribution in [3.8, 4) is 17.9 Å². The standard InChI is InChI=1S/C6BF5.C4BN4.C3F6NO4S2.2K.Li.H/c7-1-2(8)4(10)6(12)5(11)3(1)9;1-9-5(2-6,3-7)4-8;4-1(5)2(6,7)15(11,12)10-16(13,14)3(1,8)9;;;;/q;2*-1;3*+1;-1. The molecule has 200 valence electrons. The van der Waals surface area contributed by atoms with E-state index in [0.717, 1.165) is 4.13 Å². The Hall–Kier alpha value is 0.270. The summed E-state index contributed by atoms with van der Waals surface area (Å²) >= 11 is 0. The van der Waals surface area contributed by atoms with E-state index in [1.54, 1.807) is 0 Å². The van der Waals surface area contributed by atoms with Crippen molar-refractivity contribution in [1.29, 1.82) is 15.8 Å². The van der Waals surface area contributed by atoms with Crippen LogP contribution in [0.5, 0.6) is 0 Å². The minimum atomic E-state index is -6.60. The molecular formula is C13HB2F11K2LiN5O4S2. The van der Waals surface area contributed by atoms with Gasteiger partial charge in [0.05, 0.1) is 0 Å². The first-order chi connectivity index (χ1) is 16.4. The molecule has 1 aromatic carbocycles. The second-order valence-electron chi connectivity index (χ2n) is 5.95. The molecule has 0 aromatic heterocycles. The fourth-order valence-electron chi connectivity index (χ4n) is 1.51. The van der Waals surface area contributed by atoms with E-state index < -0.39 is 77.3 Å². The van der Waals surface area contributed by atoms with Crippen molar-refractivity contribution in [1.82, 2.24) is 0 Å². The van der Waals surface area contributed by atoms with Gasteiger partial charge in [-0.1, -0.05) is 0 Å². The second-order valence-corrected chi connectivity index (χ2v) is 9.47. The topological polar surface area (TPSA) is 158 Å². The quantitative estimate of drug-likeness (QED) is 0.0873. The number of hydrogen-bond donors (Lipinski definition) is 0. The van der Waals surface area contributed by atoms with Gasteiger partial charge in [0.15, 0.2) is 49.1 Å². The Morgan fingerprint density at radius 2 is 1.00 bits per heavy atom. The smallest absolute Gasteiger partial charge is 1.00 e. The summed E-state index contributed by atoms with van der Waals surface area (Å²) in [6.07, 6.45) is -2.74. The maximum atomic E-state index is 12.4. The number of benzene rings is 1. The fraction of sp³-hybridized carbons (Fsp3) is 0.231. The van der Waals surface area contributed by atoms with Gasteiger partial charge in [-0.3, -0.25) is 0 Å². The molecule has 0 unspecified atom stereocenters. The molecule has 2 rings (SSSR count). The number of halogens is 11. The van der Waals surface area contributed by atoms with Crippen LogP contribution >= 0.6 is 0 Å². The first-order valence-corrected chi connectivity index (χ1v) is 10.7. The summed E-state index contributed by atoms with van der Waals surface area (Å²) in [5.74, 6) is -12.8. The Morgan fingerprint density at radius 1 is 0.750 bits per heavy atom. The van der Waals surface area contributed by atoms with Crippen LogP contribution in [0, 0.1) is 69.3 Å². The van der Waals surface area contributed by atoms with Crippen molar-refractivity contribution >= 4 is 39.6 Å². The van der Waals surface area contributed by atoms with Crippen molar-refractivity contribution in [2.45, 2.75) is 16.4 Å². The number of hydrogen-bond acceptors (Lipinski definition) is 7. The average molecular weight is 671 g/mol. The van der Waals surface area contributed by atoms with Crippen molar-refractivity contribution in [2.75, 3.05) is 0 Å². The van der Waals surface area contributed by atoms with E-state index in [1.165, 1.54) is 17.9 Å². The molecule has 0 atom stereocenters. The van der Waals surface area contributed by atoms with Crippen LogP contribution in [0.2, 0.25) is 0 Å². The maximum absolute atomic E-state index is 12.4. The Labute approximate surface area is 317 Å². The SMILES string of the molecule is O=S1(=O)[N-]S(=O)(=O)C(F)(F)C(F)(F)C1(F)F.[B]c1c(F)c(F)c(F)c(F)c1F.[C-]#[N+][B-](C#N)(C#N)C#N.[H-].[K+].[K+].[Li+]. The summed E-state index contributed by atoms with van der Waals surface area (Å²) in [7, 11) is -8.59. The third kappa shape index (κ3) is 8.68. The van der Waals surface area contributed by atoms with Crippen molar-refractivity contribution < 1.29 is 188 Å². The number of nitriles is 3. The zero-order valence-corrected chi connectivity index (χ0v) is 27.4. The van der Waals surface area contributed by atoms with Crippen LogP contribution in [-0.2, 0) is 20.0 Å². The molecule has 0 amide bonds. The van der Waals surface area contributed by atoms with Crippen LogP contribution < -0.4 is 127 Å². The molecule has 0 spiro atoms. The zero-order valence-electron chi connectivity index (χ0n) is 20.5. The number of alkyl halides is 6. The molecule has 1 aromatic rings. The van der Waals surface area contributed by atoms with Crippen molar-refractivity contribution in [3.05, 3.63) is 44.5 Å². The van der Waals surface area contributed by atoms with Gasteiger partial charge in [0, 0.05) is 0 Å². The molecule has 1 fully saturated rings. The van der Waals surface area contributed by atoms with Crippen LogP contribution in [-0.4, -0.2) is 47.4 Å². The van der Waals surface area contributed by atoms with Crippen molar-refractivity contribution in [3.63, 3.8) is 0 Å². The van der Waals surface area contributed by atoms with Crippen LogP contribution in [0.4, 0.5) is 48.3 Å². The molecule has 0 bridgehead atoms. The summed E-state index contributed by atoms with van der Waals surface area (Å²) in [6.45, 7) is 6.29. The molecule has 2 radical (unpaired) electrons. The Bertz CT molecular complexity index is 1310. The predicted octanol–water partition coefficient (Wildman–Crippen LogP) is -6.81. The van der Waals surface area contributed by atoms with E-state index in [9.17, 15) is 65.1 Å². The summed E-state index contributed by atoms with van der Waals surface area (Å²) in [6, 6.07) is 0. The fourth-order valence-corrected chi connectivity index (χ4v) is 4.26. The molecule has 1 heterocycles. The maximum Gasteiger partial charge on any atom is 1.00 e. The van der Waals surface area contributed by atoms with Gasteiger partial charge >= 0.3 is 144 Å².